The molecule has 0 amide bonds. The van der Waals surface area contributed by atoms with Crippen molar-refractivity contribution in [2.45, 2.75) is 25.7 Å². The van der Waals surface area contributed by atoms with E-state index in [1.165, 1.54) is 6.07 Å². The van der Waals surface area contributed by atoms with Gasteiger partial charge in [0.1, 0.15) is 11.6 Å². The quantitative estimate of drug-likeness (QED) is 0.668. The lowest BCUT2D eigenvalue weighted by Gasteiger charge is -2.16. The molecule has 0 saturated heterocycles. The van der Waals surface area contributed by atoms with Crippen molar-refractivity contribution < 1.29 is 17.6 Å². The number of alkyl halides is 4. The van der Waals surface area contributed by atoms with Gasteiger partial charge in [-0.1, -0.05) is 6.92 Å². The van der Waals surface area contributed by atoms with E-state index in [2.05, 4.69) is 20.6 Å². The average molecular weight is 281 g/mol. The molecule has 5 nitrogen and oxygen atoms in total. The van der Waals surface area contributed by atoms with Crippen molar-refractivity contribution in [3.05, 3.63) is 6.07 Å². The number of rotatable bonds is 7. The van der Waals surface area contributed by atoms with Gasteiger partial charge >= 0.3 is 12.3 Å². The van der Waals surface area contributed by atoms with Gasteiger partial charge in [0.2, 0.25) is 5.95 Å². The molecule has 1 aromatic rings. The van der Waals surface area contributed by atoms with E-state index in [0.717, 1.165) is 6.42 Å². The summed E-state index contributed by atoms with van der Waals surface area (Å²) in [7, 11) is 0. The van der Waals surface area contributed by atoms with Crippen molar-refractivity contribution in [3.8, 4) is 0 Å². The number of halogens is 4. The molecule has 9 heteroatoms. The second kappa shape index (κ2) is 6.39. The first-order valence-electron chi connectivity index (χ1n) is 5.63. The molecule has 4 N–H and O–H groups in total. The summed E-state index contributed by atoms with van der Waals surface area (Å²) in [6.45, 7) is 1.32. The van der Waals surface area contributed by atoms with Gasteiger partial charge in [-0.15, -0.1) is 0 Å². The van der Waals surface area contributed by atoms with Crippen LogP contribution in [-0.2, 0) is 0 Å². The number of nitrogen functional groups attached to an aromatic ring is 1. The Morgan fingerprint density at radius 2 is 1.84 bits per heavy atom. The Morgan fingerprint density at radius 1 is 1.26 bits per heavy atom. The predicted molar refractivity (Wildman–Crippen MR) is 64.7 cm³/mol. The van der Waals surface area contributed by atoms with Gasteiger partial charge in [-0.2, -0.15) is 18.7 Å². The molecule has 0 fully saturated rings. The molecule has 0 radical (unpaired) electrons. The van der Waals surface area contributed by atoms with Crippen molar-refractivity contribution in [2.24, 2.45) is 0 Å². The van der Waals surface area contributed by atoms with E-state index in [0.29, 0.717) is 12.4 Å². The highest BCUT2D eigenvalue weighted by Crippen LogP contribution is 2.23. The third kappa shape index (κ3) is 4.76. The van der Waals surface area contributed by atoms with E-state index in [1.807, 2.05) is 6.92 Å². The van der Waals surface area contributed by atoms with Crippen LogP contribution in [0.1, 0.15) is 13.3 Å². The maximum absolute atomic E-state index is 12.7. The molecule has 0 aliphatic carbocycles. The van der Waals surface area contributed by atoms with E-state index >= 15 is 0 Å². The van der Waals surface area contributed by atoms with Crippen LogP contribution >= 0.6 is 0 Å². The highest BCUT2D eigenvalue weighted by atomic mass is 19.3. The number of anilines is 3. The van der Waals surface area contributed by atoms with Crippen molar-refractivity contribution in [2.75, 3.05) is 29.5 Å². The lowest BCUT2D eigenvalue weighted by Crippen LogP contribution is -2.35. The van der Waals surface area contributed by atoms with Crippen molar-refractivity contribution >= 4 is 17.6 Å². The fraction of sp³-hybridized carbons (Fsp3) is 0.600. The second-order valence-electron chi connectivity index (χ2n) is 3.84. The van der Waals surface area contributed by atoms with Gasteiger partial charge in [0, 0.05) is 12.6 Å². The smallest absolute Gasteiger partial charge is 0.324 e. The fourth-order valence-electron chi connectivity index (χ4n) is 1.19. The molecule has 108 valence electrons. The van der Waals surface area contributed by atoms with E-state index in [1.54, 1.807) is 0 Å². The van der Waals surface area contributed by atoms with Gasteiger partial charge in [0.15, 0.2) is 0 Å². The molecule has 1 aromatic heterocycles. The molecule has 0 unspecified atom stereocenters. The summed E-state index contributed by atoms with van der Waals surface area (Å²) >= 11 is 0. The minimum atomic E-state index is -4.13. The third-order valence-corrected chi connectivity index (χ3v) is 2.12. The van der Waals surface area contributed by atoms with Crippen molar-refractivity contribution in [1.29, 1.82) is 0 Å². The molecule has 0 aliphatic heterocycles. The Kier molecular flexibility index (Phi) is 5.13. The van der Waals surface area contributed by atoms with Crippen LogP contribution in [0, 0.1) is 0 Å². The number of nitrogens with one attached hydrogen (secondary N) is 2. The zero-order valence-corrected chi connectivity index (χ0v) is 10.3. The lowest BCUT2D eigenvalue weighted by atomic mass is 10.3. The summed E-state index contributed by atoms with van der Waals surface area (Å²) in [5, 5.41) is 5.01. The Hall–Kier alpha value is -1.80. The van der Waals surface area contributed by atoms with E-state index in [-0.39, 0.29) is 11.8 Å². The first kappa shape index (κ1) is 15.3. The number of nitrogens with zero attached hydrogens (tertiary/aromatic N) is 2. The van der Waals surface area contributed by atoms with E-state index in [9.17, 15) is 17.6 Å². The Morgan fingerprint density at radius 3 is 2.37 bits per heavy atom. The van der Waals surface area contributed by atoms with Crippen molar-refractivity contribution in [1.82, 2.24) is 9.97 Å². The standard InChI is InChI=1S/C10H15F4N5/c1-2-3-16-6-4-7(19-9(15)18-6)17-5-10(13,14)8(11)12/h4,8H,2-3,5H2,1H3,(H4,15,16,17,18,19). The first-order chi connectivity index (χ1) is 8.85. The summed E-state index contributed by atoms with van der Waals surface area (Å²) < 4.78 is 49.4. The molecule has 0 aromatic carbocycles. The zero-order chi connectivity index (χ0) is 14.5. The molecule has 1 heterocycles. The minimum absolute atomic E-state index is 0.0357. The predicted octanol–water partition coefficient (Wildman–Crippen LogP) is 2.19. The number of hydrogen-bond acceptors (Lipinski definition) is 5. The van der Waals surface area contributed by atoms with Crippen LogP contribution in [0.2, 0.25) is 0 Å². The normalized spacial score (nSPS) is 11.7. The molecule has 1 rings (SSSR count). The molecule has 0 bridgehead atoms. The van der Waals surface area contributed by atoms with Gasteiger partial charge in [-0.05, 0) is 6.42 Å². The summed E-state index contributed by atoms with van der Waals surface area (Å²) in [6, 6.07) is 1.33. The summed E-state index contributed by atoms with van der Waals surface area (Å²) in [6.07, 6.45) is -2.91. The highest BCUT2D eigenvalue weighted by molar-refractivity contribution is 5.51. The van der Waals surface area contributed by atoms with Crippen molar-refractivity contribution in [3.63, 3.8) is 0 Å². The molecule has 0 saturated carbocycles. The van der Waals surface area contributed by atoms with Gasteiger partial charge in [-0.25, -0.2) is 8.78 Å². The van der Waals surface area contributed by atoms with Crippen LogP contribution in [-0.4, -0.2) is 35.4 Å². The maximum Gasteiger partial charge on any atom is 0.324 e. The third-order valence-electron chi connectivity index (χ3n) is 2.12. The monoisotopic (exact) mass is 281 g/mol. The number of aromatic nitrogens is 2. The van der Waals surface area contributed by atoms with E-state index < -0.39 is 18.9 Å². The first-order valence-corrected chi connectivity index (χ1v) is 5.63. The Bertz CT molecular complexity index is 413. The van der Waals surface area contributed by atoms with E-state index in [4.69, 9.17) is 5.73 Å². The molecule has 0 spiro atoms. The van der Waals surface area contributed by atoms with Gasteiger partial charge in [-0.3, -0.25) is 0 Å². The van der Waals surface area contributed by atoms with Gasteiger partial charge < -0.3 is 16.4 Å². The van der Waals surface area contributed by atoms with Crippen LogP contribution in [0.15, 0.2) is 6.07 Å². The molecular formula is C10H15F4N5. The largest absolute Gasteiger partial charge is 0.370 e. The van der Waals surface area contributed by atoms with Gasteiger partial charge in [0.25, 0.3) is 0 Å². The van der Waals surface area contributed by atoms with Gasteiger partial charge in [0.05, 0.1) is 6.54 Å². The second-order valence-corrected chi connectivity index (χ2v) is 3.84. The SMILES string of the molecule is CCCNc1cc(NCC(F)(F)C(F)F)nc(N)n1. The minimum Gasteiger partial charge on any atom is -0.370 e. The van der Waals surface area contributed by atoms with Crippen LogP contribution in [0.5, 0.6) is 0 Å². The fourth-order valence-corrected chi connectivity index (χ4v) is 1.19. The maximum atomic E-state index is 12.7. The zero-order valence-electron chi connectivity index (χ0n) is 10.3. The summed E-state index contributed by atoms with van der Waals surface area (Å²) in [5.41, 5.74) is 5.39. The highest BCUT2D eigenvalue weighted by Gasteiger charge is 2.40. The molecule has 0 aliphatic rings. The molecular weight excluding hydrogens is 266 g/mol. The Balaban J connectivity index is 2.70. The average Bonchev–Trinajstić information content (AvgIpc) is 2.33. The number of hydrogen-bond donors (Lipinski definition) is 3. The lowest BCUT2D eigenvalue weighted by molar-refractivity contribution is -0.117. The summed E-state index contributed by atoms with van der Waals surface area (Å²) in [5.74, 6) is -3.95. The number of nitrogens with two attached hydrogens (primary N) is 1. The Labute approximate surface area is 107 Å². The van der Waals surface area contributed by atoms with Crippen LogP contribution in [0.25, 0.3) is 0 Å². The molecule has 19 heavy (non-hydrogen) atoms. The molecule has 0 atom stereocenters. The summed E-state index contributed by atoms with van der Waals surface area (Å²) in [4.78, 5) is 7.47. The van der Waals surface area contributed by atoms with Crippen LogP contribution in [0.4, 0.5) is 35.1 Å². The topological polar surface area (TPSA) is 75.9 Å². The van der Waals surface area contributed by atoms with Crippen LogP contribution < -0.4 is 16.4 Å². The van der Waals surface area contributed by atoms with Crippen LogP contribution in [0.3, 0.4) is 0 Å².